The van der Waals surface area contributed by atoms with Gasteiger partial charge in [0, 0.05) is 28.3 Å². The van der Waals surface area contributed by atoms with Crippen LogP contribution < -0.4 is 9.96 Å². The molecule has 5 heteroatoms. The van der Waals surface area contributed by atoms with Crippen molar-refractivity contribution in [2.45, 2.75) is 97.3 Å². The summed E-state index contributed by atoms with van der Waals surface area (Å²) in [6, 6.07) is 4.28. The van der Waals surface area contributed by atoms with Gasteiger partial charge in [0.2, 0.25) is 0 Å². The monoisotopic (exact) mass is 446 g/mol. The molecule has 0 fully saturated rings. The fourth-order valence-corrected chi connectivity index (χ4v) is 6.36. The van der Waals surface area contributed by atoms with E-state index in [4.69, 9.17) is 9.72 Å². The minimum Gasteiger partial charge on any atom is -0.356 e. The van der Waals surface area contributed by atoms with Crippen molar-refractivity contribution >= 4 is 22.1 Å². The van der Waals surface area contributed by atoms with Gasteiger partial charge in [-0.25, -0.2) is 4.79 Å². The first kappa shape index (κ1) is 22.3. The number of ether oxygens (including phenoxy) is 1. The minimum absolute atomic E-state index is 0.0310. The second-order valence-electron chi connectivity index (χ2n) is 11.8. The molecule has 0 saturated heterocycles. The van der Waals surface area contributed by atoms with Crippen LogP contribution in [0.2, 0.25) is 0 Å². The van der Waals surface area contributed by atoms with E-state index >= 15 is 0 Å². The average molecular weight is 447 g/mol. The summed E-state index contributed by atoms with van der Waals surface area (Å²) < 4.78 is 10.7. The number of hydrogen-bond acceptors (Lipinski definition) is 3. The highest BCUT2D eigenvalue weighted by atomic mass is 16.5. The van der Waals surface area contributed by atoms with E-state index in [1.807, 2.05) is 18.4 Å². The van der Waals surface area contributed by atoms with Crippen molar-refractivity contribution in [1.29, 1.82) is 0 Å². The summed E-state index contributed by atoms with van der Waals surface area (Å²) in [4.78, 5) is 19.4. The molecule has 33 heavy (non-hydrogen) atoms. The number of hydrogen-bond donors (Lipinski definition) is 0. The van der Waals surface area contributed by atoms with Gasteiger partial charge in [0.1, 0.15) is 22.3 Å². The molecule has 5 heterocycles. The van der Waals surface area contributed by atoms with E-state index in [-0.39, 0.29) is 11.0 Å². The number of fused-ring (bicyclic) bond motifs is 2. The van der Waals surface area contributed by atoms with Gasteiger partial charge in [-0.05, 0) is 46.6 Å². The maximum Gasteiger partial charge on any atom is 0.344 e. The normalized spacial score (nSPS) is 20.1. The van der Waals surface area contributed by atoms with Gasteiger partial charge in [-0.15, -0.1) is 0 Å². The van der Waals surface area contributed by atoms with Crippen molar-refractivity contribution in [1.82, 2.24) is 9.55 Å². The zero-order chi connectivity index (χ0) is 24.3. The third kappa shape index (κ3) is 2.60. The van der Waals surface area contributed by atoms with Crippen LogP contribution in [0.4, 0.5) is 0 Å². The predicted molar refractivity (Wildman–Crippen MR) is 133 cm³/mol. The molecule has 5 rings (SSSR count). The second-order valence-corrected chi connectivity index (χ2v) is 11.8. The van der Waals surface area contributed by atoms with Gasteiger partial charge in [0.05, 0.1) is 17.1 Å². The van der Waals surface area contributed by atoms with Crippen molar-refractivity contribution in [3.05, 3.63) is 57.8 Å². The van der Waals surface area contributed by atoms with E-state index < -0.39 is 16.7 Å². The van der Waals surface area contributed by atoms with Gasteiger partial charge in [-0.3, -0.25) is 4.98 Å². The lowest BCUT2D eigenvalue weighted by atomic mass is 9.76. The third-order valence-corrected chi connectivity index (χ3v) is 7.92. The molecule has 174 valence electrons. The summed E-state index contributed by atoms with van der Waals surface area (Å²) in [6.45, 7) is 23.6. The van der Waals surface area contributed by atoms with Gasteiger partial charge < -0.3 is 4.74 Å². The van der Waals surface area contributed by atoms with Crippen molar-refractivity contribution in [3.63, 3.8) is 0 Å². The molecular weight excluding hydrogens is 410 g/mol. The van der Waals surface area contributed by atoms with Crippen LogP contribution >= 0.6 is 0 Å². The Kier molecular flexibility index (Phi) is 4.27. The highest BCUT2D eigenvalue weighted by molar-refractivity contribution is 6.02. The predicted octanol–water partition coefficient (Wildman–Crippen LogP) is 5.48. The highest BCUT2D eigenvalue weighted by Gasteiger charge is 2.55. The number of pyridine rings is 2. The summed E-state index contributed by atoms with van der Waals surface area (Å²) in [5, 5.41) is 1.01. The van der Waals surface area contributed by atoms with Crippen LogP contribution in [-0.2, 0) is 26.9 Å². The number of aromatic nitrogens is 3. The zero-order valence-corrected chi connectivity index (χ0v) is 21.5. The molecule has 0 unspecified atom stereocenters. The Morgan fingerprint density at radius 3 is 2.33 bits per heavy atom. The first-order valence-electron chi connectivity index (χ1n) is 12.1. The molecule has 5 nitrogen and oxygen atoms in total. The van der Waals surface area contributed by atoms with E-state index in [1.165, 1.54) is 0 Å². The Morgan fingerprint density at radius 1 is 1.12 bits per heavy atom. The Labute approximate surface area is 196 Å². The van der Waals surface area contributed by atoms with Crippen molar-refractivity contribution in [2.75, 3.05) is 0 Å². The molecule has 0 saturated carbocycles. The first-order chi connectivity index (χ1) is 15.2. The topological polar surface area (TPSA) is 48.2 Å². The van der Waals surface area contributed by atoms with Gasteiger partial charge in [-0.2, -0.15) is 8.97 Å². The van der Waals surface area contributed by atoms with E-state index in [1.54, 1.807) is 0 Å². The van der Waals surface area contributed by atoms with Gasteiger partial charge in [0.15, 0.2) is 5.69 Å². The van der Waals surface area contributed by atoms with E-state index in [2.05, 4.69) is 77.8 Å². The number of allylic oxidation sites excluding steroid dienone is 1. The molecule has 2 aliphatic rings. The number of rotatable bonds is 2. The summed E-state index contributed by atoms with van der Waals surface area (Å²) in [5.74, 6) is 0. The van der Waals surface area contributed by atoms with E-state index in [9.17, 15) is 4.79 Å². The maximum absolute atomic E-state index is 14.4. The Morgan fingerprint density at radius 2 is 1.76 bits per heavy atom. The molecule has 0 atom stereocenters. The molecule has 3 aromatic rings. The Bertz CT molecular complexity index is 1430. The van der Waals surface area contributed by atoms with Crippen LogP contribution in [0, 0.1) is 0 Å². The fraction of sp³-hybridized carbons (Fsp3) is 0.536. The first-order valence-corrected chi connectivity index (χ1v) is 12.1. The van der Waals surface area contributed by atoms with Crippen LogP contribution in [0.1, 0.15) is 97.7 Å². The van der Waals surface area contributed by atoms with Crippen LogP contribution in [0.3, 0.4) is 0 Å². The molecule has 0 aliphatic carbocycles. The molecule has 2 aliphatic heterocycles. The average Bonchev–Trinajstić information content (AvgIpc) is 2.92. The van der Waals surface area contributed by atoms with Crippen molar-refractivity contribution < 1.29 is 9.14 Å². The maximum atomic E-state index is 14.4. The molecule has 0 amide bonds. The van der Waals surface area contributed by atoms with Gasteiger partial charge >= 0.3 is 5.56 Å². The quantitative estimate of drug-likeness (QED) is 0.387. The zero-order valence-electron chi connectivity index (χ0n) is 21.5. The molecule has 0 radical (unpaired) electrons. The Balaban J connectivity index is 2.12. The number of nitrogens with zero attached hydrogens (tertiary/aromatic N) is 3. The highest BCUT2D eigenvalue weighted by Crippen LogP contribution is 2.49. The molecular formula is C28H36N3O2+. The second kappa shape index (κ2) is 6.32. The summed E-state index contributed by atoms with van der Waals surface area (Å²) in [7, 11) is 0. The van der Waals surface area contributed by atoms with Crippen LogP contribution in [0.25, 0.3) is 22.1 Å². The van der Waals surface area contributed by atoms with Crippen LogP contribution in [0.15, 0.2) is 29.7 Å². The molecule has 0 bridgehead atoms. The molecule has 0 N–H and O–H groups in total. The fourth-order valence-electron chi connectivity index (χ4n) is 6.36. The minimum atomic E-state index is -0.682. The third-order valence-electron chi connectivity index (χ3n) is 7.92. The lowest BCUT2D eigenvalue weighted by Crippen LogP contribution is -2.52. The van der Waals surface area contributed by atoms with E-state index in [0.29, 0.717) is 0 Å². The lowest BCUT2D eigenvalue weighted by Gasteiger charge is -2.37. The van der Waals surface area contributed by atoms with E-state index in [0.717, 1.165) is 57.5 Å². The smallest absolute Gasteiger partial charge is 0.344 e. The molecule has 0 aromatic carbocycles. The molecule has 0 spiro atoms. The lowest BCUT2D eigenvalue weighted by molar-refractivity contribution is -0.534. The summed E-state index contributed by atoms with van der Waals surface area (Å²) in [5.41, 5.74) is 4.81. The van der Waals surface area contributed by atoms with Crippen molar-refractivity contribution in [3.8, 4) is 0 Å². The van der Waals surface area contributed by atoms with Crippen LogP contribution in [-0.4, -0.2) is 9.55 Å². The SMILES string of the molecule is C=C1c2cc(C(C)(C)C)nc3cc[n+]4c5c(c(=O)n(c4c23)C1(CC)CC)C(C)(C)OC5(C)C. The van der Waals surface area contributed by atoms with Gasteiger partial charge in [-0.1, -0.05) is 41.2 Å². The summed E-state index contributed by atoms with van der Waals surface area (Å²) in [6.07, 6.45) is 3.64. The van der Waals surface area contributed by atoms with Gasteiger partial charge in [0.25, 0.3) is 5.65 Å². The molecule has 3 aromatic heterocycles. The Hall–Kier alpha value is -2.53. The van der Waals surface area contributed by atoms with Crippen molar-refractivity contribution in [2.24, 2.45) is 0 Å². The van der Waals surface area contributed by atoms with Crippen LogP contribution in [0.5, 0.6) is 0 Å². The summed E-state index contributed by atoms with van der Waals surface area (Å²) >= 11 is 0. The standard InChI is InChI=1S/C28H36N3O2/c1-11-28(12-2)16(3)17-15-19(25(4,5)6)29-18-13-14-30-22-21(26(7,8)33-27(22,9)10)24(32)31(28)23(30)20(17)18/h13-15H,3,11-12H2,1-2,4-10H3/q+1. The largest absolute Gasteiger partial charge is 0.356 e.